The summed E-state index contributed by atoms with van der Waals surface area (Å²) < 4.78 is 0. The van der Waals surface area contributed by atoms with Crippen molar-refractivity contribution in [3.05, 3.63) is 12.4 Å². The van der Waals surface area contributed by atoms with Crippen LogP contribution in [0.15, 0.2) is 12.4 Å². The molecule has 1 aliphatic rings. The highest BCUT2D eigenvalue weighted by Gasteiger charge is 2.40. The maximum atomic E-state index is 4.47. The molecule has 0 saturated carbocycles. The third kappa shape index (κ3) is 2.02. The number of rotatable bonds is 3. The molecule has 1 N–H and O–H groups in total. The normalized spacial score (nSPS) is 22.8. The topological polar surface area (TPSA) is 33.5 Å². The van der Waals surface area contributed by atoms with Gasteiger partial charge < -0.3 is 28.9 Å². The molecule has 16 heavy (non-hydrogen) atoms. The molecule has 2 unspecified atom stereocenters. The molecule has 5 heteroatoms. The molecule has 0 saturated heterocycles. The zero-order chi connectivity index (χ0) is 10.8. The van der Waals surface area contributed by atoms with Crippen molar-refractivity contribution in [3.8, 4) is 0 Å². The average Bonchev–Trinajstić information content (AvgIpc) is 2.61. The number of nitrogens with zero attached hydrogens (tertiary/aromatic N) is 3. The number of halogens is 1. The lowest BCUT2D eigenvalue weighted by atomic mass is 10.3. The Balaban J connectivity index is 0.00000128. The third-order valence-corrected chi connectivity index (χ3v) is 3.14. The fraction of sp³-hybridized carbons (Fsp3) is 0.636. The van der Waals surface area contributed by atoms with Gasteiger partial charge in [0.25, 0.3) is 5.82 Å². The van der Waals surface area contributed by atoms with Crippen molar-refractivity contribution in [2.75, 3.05) is 18.0 Å². The SMILES string of the molecule is CCC1N(CC)c2nccnc2[NH+]1CC.[I-]. The summed E-state index contributed by atoms with van der Waals surface area (Å²) in [7, 11) is 0. The summed E-state index contributed by atoms with van der Waals surface area (Å²) in [6, 6.07) is 0. The minimum atomic E-state index is 0. The number of fused-ring (bicyclic) bond motifs is 1. The zero-order valence-corrected chi connectivity index (χ0v) is 12.2. The molecule has 2 rings (SSSR count). The predicted octanol–water partition coefficient (Wildman–Crippen LogP) is -2.41. The molecule has 2 atom stereocenters. The summed E-state index contributed by atoms with van der Waals surface area (Å²) in [6.07, 6.45) is 5.22. The van der Waals surface area contributed by atoms with Gasteiger partial charge in [0.2, 0.25) is 5.82 Å². The van der Waals surface area contributed by atoms with E-state index in [1.165, 1.54) is 4.90 Å². The second kappa shape index (κ2) is 5.77. The molecule has 90 valence electrons. The highest BCUT2D eigenvalue weighted by molar-refractivity contribution is 5.55. The smallest absolute Gasteiger partial charge is 0.271 e. The lowest BCUT2D eigenvalue weighted by Crippen LogP contribution is -3.11. The van der Waals surface area contributed by atoms with Crippen molar-refractivity contribution < 1.29 is 28.9 Å². The molecule has 1 aliphatic heterocycles. The molecule has 0 radical (unpaired) electrons. The Bertz CT molecular complexity index is 314. The second-order valence-electron chi connectivity index (χ2n) is 3.82. The fourth-order valence-electron chi connectivity index (χ4n) is 2.50. The Hall–Kier alpha value is -0.430. The highest BCUT2D eigenvalue weighted by atomic mass is 127. The maximum Gasteiger partial charge on any atom is 0.271 e. The summed E-state index contributed by atoms with van der Waals surface area (Å²) in [5, 5.41) is 0. The Kier molecular flexibility index (Phi) is 4.91. The van der Waals surface area contributed by atoms with Crippen molar-refractivity contribution in [2.45, 2.75) is 33.4 Å². The standard InChI is InChI=1S/C11H18N4.HI/c1-4-9-14(5-2)10-11(15(9)6-3)13-8-7-12-10;/h7-9H,4-6H2,1-3H3;1H. The van der Waals surface area contributed by atoms with Gasteiger partial charge in [-0.3, -0.25) is 4.90 Å². The summed E-state index contributed by atoms with van der Waals surface area (Å²) >= 11 is 0. The molecular weight excluding hydrogens is 315 g/mol. The predicted molar refractivity (Wildman–Crippen MR) is 60.3 cm³/mol. The van der Waals surface area contributed by atoms with Crippen molar-refractivity contribution >= 4 is 11.6 Å². The quantitative estimate of drug-likeness (QED) is 0.626. The molecule has 0 aromatic carbocycles. The van der Waals surface area contributed by atoms with E-state index in [9.17, 15) is 0 Å². The van der Waals surface area contributed by atoms with E-state index in [0.717, 1.165) is 31.1 Å². The van der Waals surface area contributed by atoms with Crippen LogP contribution in [-0.4, -0.2) is 29.2 Å². The van der Waals surface area contributed by atoms with Gasteiger partial charge in [0.05, 0.1) is 12.7 Å². The van der Waals surface area contributed by atoms with Crippen LogP contribution in [0, 0.1) is 0 Å². The Labute approximate surface area is 114 Å². The van der Waals surface area contributed by atoms with Gasteiger partial charge >= 0.3 is 0 Å². The molecule has 4 nitrogen and oxygen atoms in total. The first kappa shape index (κ1) is 13.6. The molecule has 0 amide bonds. The molecule has 0 fully saturated rings. The summed E-state index contributed by atoms with van der Waals surface area (Å²) in [5.74, 6) is 2.19. The Morgan fingerprint density at radius 1 is 1.25 bits per heavy atom. The van der Waals surface area contributed by atoms with E-state index in [1.807, 2.05) is 0 Å². The van der Waals surface area contributed by atoms with E-state index in [2.05, 4.69) is 35.6 Å². The molecule has 0 aliphatic carbocycles. The summed E-state index contributed by atoms with van der Waals surface area (Å²) in [5.41, 5.74) is 0. The lowest BCUT2D eigenvalue weighted by Gasteiger charge is -2.24. The monoisotopic (exact) mass is 334 g/mol. The molecule has 1 aromatic rings. The van der Waals surface area contributed by atoms with Gasteiger partial charge in [-0.15, -0.1) is 0 Å². The van der Waals surface area contributed by atoms with Gasteiger partial charge in [0, 0.05) is 19.2 Å². The van der Waals surface area contributed by atoms with Crippen LogP contribution in [0.3, 0.4) is 0 Å². The molecular formula is C11H19IN4. The lowest BCUT2D eigenvalue weighted by molar-refractivity contribution is -0.854. The van der Waals surface area contributed by atoms with Crippen LogP contribution < -0.4 is 33.8 Å². The summed E-state index contributed by atoms with van der Waals surface area (Å²) in [4.78, 5) is 12.7. The van der Waals surface area contributed by atoms with Crippen LogP contribution in [0.5, 0.6) is 0 Å². The first-order valence-electron chi connectivity index (χ1n) is 5.77. The van der Waals surface area contributed by atoms with Crippen molar-refractivity contribution in [1.82, 2.24) is 9.97 Å². The van der Waals surface area contributed by atoms with Gasteiger partial charge in [-0.2, -0.15) is 4.98 Å². The van der Waals surface area contributed by atoms with Crippen molar-refractivity contribution in [2.24, 2.45) is 0 Å². The number of hydrogen-bond acceptors (Lipinski definition) is 3. The Morgan fingerprint density at radius 3 is 2.50 bits per heavy atom. The number of hydrogen-bond donors (Lipinski definition) is 1. The van der Waals surface area contributed by atoms with Crippen LogP contribution in [0.1, 0.15) is 27.2 Å². The minimum absolute atomic E-state index is 0. The van der Waals surface area contributed by atoms with E-state index in [4.69, 9.17) is 0 Å². The Morgan fingerprint density at radius 2 is 1.94 bits per heavy atom. The number of anilines is 1. The first-order valence-corrected chi connectivity index (χ1v) is 5.77. The van der Waals surface area contributed by atoms with Crippen LogP contribution in [-0.2, 0) is 0 Å². The largest absolute Gasteiger partial charge is 1.00 e. The van der Waals surface area contributed by atoms with Gasteiger partial charge in [-0.1, -0.05) is 6.92 Å². The van der Waals surface area contributed by atoms with Crippen LogP contribution in [0.2, 0.25) is 0 Å². The van der Waals surface area contributed by atoms with E-state index in [1.54, 1.807) is 12.4 Å². The van der Waals surface area contributed by atoms with Crippen LogP contribution >= 0.6 is 0 Å². The molecule has 1 aromatic heterocycles. The minimum Gasteiger partial charge on any atom is -1.00 e. The second-order valence-corrected chi connectivity index (χ2v) is 3.82. The third-order valence-electron chi connectivity index (χ3n) is 3.14. The van der Waals surface area contributed by atoms with Gasteiger partial charge in [0.15, 0.2) is 6.17 Å². The van der Waals surface area contributed by atoms with E-state index >= 15 is 0 Å². The van der Waals surface area contributed by atoms with Gasteiger partial charge in [-0.05, 0) is 13.8 Å². The number of nitrogens with one attached hydrogen (secondary N) is 1. The zero-order valence-electron chi connectivity index (χ0n) is 10.1. The fourth-order valence-corrected chi connectivity index (χ4v) is 2.50. The van der Waals surface area contributed by atoms with Crippen LogP contribution in [0.4, 0.5) is 11.6 Å². The van der Waals surface area contributed by atoms with Crippen molar-refractivity contribution in [3.63, 3.8) is 0 Å². The summed E-state index contributed by atoms with van der Waals surface area (Å²) in [6.45, 7) is 8.69. The van der Waals surface area contributed by atoms with Crippen molar-refractivity contribution in [1.29, 1.82) is 0 Å². The van der Waals surface area contributed by atoms with E-state index in [0.29, 0.717) is 6.17 Å². The maximum absolute atomic E-state index is 4.47. The van der Waals surface area contributed by atoms with Crippen LogP contribution in [0.25, 0.3) is 0 Å². The first-order chi connectivity index (χ1) is 7.33. The van der Waals surface area contributed by atoms with E-state index < -0.39 is 0 Å². The van der Waals surface area contributed by atoms with E-state index in [-0.39, 0.29) is 24.0 Å². The van der Waals surface area contributed by atoms with Gasteiger partial charge in [-0.25, -0.2) is 4.98 Å². The average molecular weight is 334 g/mol. The number of quaternary nitrogens is 1. The number of aromatic nitrogens is 2. The van der Waals surface area contributed by atoms with Gasteiger partial charge in [0.1, 0.15) is 0 Å². The highest BCUT2D eigenvalue weighted by Crippen LogP contribution is 2.24. The molecule has 0 bridgehead atoms. The molecule has 0 spiro atoms. The molecule has 2 heterocycles.